The van der Waals surface area contributed by atoms with E-state index in [4.69, 9.17) is 31.9 Å². The van der Waals surface area contributed by atoms with Gasteiger partial charge in [-0.3, -0.25) is 0 Å². The Morgan fingerprint density at radius 2 is 1.11 bits per heavy atom. The summed E-state index contributed by atoms with van der Waals surface area (Å²) < 4.78 is 0. The van der Waals surface area contributed by atoms with Crippen LogP contribution in [0.1, 0.15) is 63.4 Å². The highest BCUT2D eigenvalue weighted by Crippen LogP contribution is 2.34. The van der Waals surface area contributed by atoms with E-state index in [-0.39, 0.29) is 0 Å². The Morgan fingerprint density at radius 1 is 0.786 bits per heavy atom. The largest absolute Gasteiger partial charge is 0.328 e. The van der Waals surface area contributed by atoms with Crippen molar-refractivity contribution in [2.24, 2.45) is 23.3 Å². The van der Waals surface area contributed by atoms with Gasteiger partial charge in [-0.2, -0.15) is 0 Å². The summed E-state index contributed by atoms with van der Waals surface area (Å²) >= 11 is 0. The summed E-state index contributed by atoms with van der Waals surface area (Å²) in [5.74, 6) is 1.95. The predicted octanol–water partition coefficient (Wildman–Crippen LogP) is 4.21. The van der Waals surface area contributed by atoms with E-state index < -0.39 is 0 Å². The first-order chi connectivity index (χ1) is 13.5. The van der Waals surface area contributed by atoms with Gasteiger partial charge < -0.3 is 11.5 Å². The Morgan fingerprint density at radius 3 is 1.36 bits per heavy atom. The summed E-state index contributed by atoms with van der Waals surface area (Å²) in [5.41, 5.74) is 13.2. The number of nitrogens with one attached hydrogen (secondary N) is 2. The molecule has 1 aromatic rings. The van der Waals surface area contributed by atoms with Crippen molar-refractivity contribution in [1.82, 2.24) is 0 Å². The summed E-state index contributed by atoms with van der Waals surface area (Å²) in [4.78, 5) is 16.7. The Labute approximate surface area is 169 Å². The molecule has 6 heteroatoms. The second-order valence-corrected chi connectivity index (χ2v) is 7.66. The van der Waals surface area contributed by atoms with E-state index >= 15 is 0 Å². The fraction of sp³-hybridized carbons (Fsp3) is 0.636. The van der Waals surface area contributed by atoms with Crippen molar-refractivity contribution in [2.75, 3.05) is 0 Å². The zero-order chi connectivity index (χ0) is 21.2. The van der Waals surface area contributed by atoms with Gasteiger partial charge in [-0.1, -0.05) is 35.9 Å². The highest BCUT2D eigenvalue weighted by molar-refractivity contribution is 5.26. The molecule has 156 valence electrons. The van der Waals surface area contributed by atoms with Crippen LogP contribution in [-0.2, 0) is 9.59 Å². The van der Waals surface area contributed by atoms with Crippen LogP contribution in [0.2, 0.25) is 0 Å². The lowest BCUT2D eigenvalue weighted by Crippen LogP contribution is -2.30. The molecule has 2 saturated carbocycles. The number of rotatable bonds is 2. The van der Waals surface area contributed by atoms with Gasteiger partial charge in [-0.05, 0) is 76.5 Å². The minimum absolute atomic E-state index is 0.501. The molecule has 0 amide bonds. The van der Waals surface area contributed by atoms with E-state index in [1.165, 1.54) is 63.4 Å². The SMILES string of the molecule is Cc1ccccc1.N=C=O.N=C=O.NC1CCC(CC2CCC(N)CC2)CC1. The first kappa shape index (κ1) is 25.9. The molecule has 6 N–H and O–H groups in total. The van der Waals surface area contributed by atoms with E-state index in [2.05, 4.69) is 19.1 Å². The van der Waals surface area contributed by atoms with Crippen molar-refractivity contribution >= 4 is 12.2 Å². The molecule has 0 unspecified atom stereocenters. The number of carbonyl (C=O) groups excluding carboxylic acids is 2. The summed E-state index contributed by atoms with van der Waals surface area (Å²) in [7, 11) is 0. The first-order valence-corrected chi connectivity index (χ1v) is 10.1. The number of nitrogens with two attached hydrogens (primary N) is 2. The van der Waals surface area contributed by atoms with E-state index in [0.717, 1.165) is 24.0 Å². The normalized spacial score (nSPS) is 25.7. The van der Waals surface area contributed by atoms with Crippen LogP contribution < -0.4 is 11.5 Å². The maximum atomic E-state index is 8.35. The Hall–Kier alpha value is -2.10. The molecule has 2 aliphatic rings. The minimum atomic E-state index is 0.501. The Bertz CT molecular complexity index is 519. The number of benzene rings is 1. The quantitative estimate of drug-likeness (QED) is 0.446. The average molecular weight is 389 g/mol. The number of isocyanates is 2. The van der Waals surface area contributed by atoms with Gasteiger partial charge in [0.2, 0.25) is 12.2 Å². The van der Waals surface area contributed by atoms with Crippen molar-refractivity contribution in [3.05, 3.63) is 35.9 Å². The molecule has 28 heavy (non-hydrogen) atoms. The van der Waals surface area contributed by atoms with Gasteiger partial charge in [-0.25, -0.2) is 20.4 Å². The molecule has 1 aromatic carbocycles. The minimum Gasteiger partial charge on any atom is -0.328 e. The third kappa shape index (κ3) is 14.0. The zero-order valence-corrected chi connectivity index (χ0v) is 17.0. The molecule has 3 rings (SSSR count). The van der Waals surface area contributed by atoms with Gasteiger partial charge >= 0.3 is 0 Å². The lowest BCUT2D eigenvalue weighted by atomic mass is 9.76. The molecule has 0 aliphatic heterocycles. The van der Waals surface area contributed by atoms with Crippen molar-refractivity contribution in [2.45, 2.75) is 76.8 Å². The van der Waals surface area contributed by atoms with Crippen molar-refractivity contribution in [1.29, 1.82) is 10.8 Å². The van der Waals surface area contributed by atoms with Gasteiger partial charge in [0.1, 0.15) is 0 Å². The molecule has 0 aromatic heterocycles. The average Bonchev–Trinajstić information content (AvgIpc) is 2.68. The lowest BCUT2D eigenvalue weighted by Gasteiger charge is -2.32. The summed E-state index contributed by atoms with van der Waals surface area (Å²) in [6.45, 7) is 2.08. The van der Waals surface area contributed by atoms with E-state index in [9.17, 15) is 0 Å². The molecule has 0 bridgehead atoms. The number of hydrogen-bond acceptors (Lipinski definition) is 6. The molecule has 2 fully saturated rings. The number of hydrogen-bond donors (Lipinski definition) is 4. The van der Waals surface area contributed by atoms with Gasteiger partial charge in [-0.15, -0.1) is 0 Å². The molecule has 0 saturated heterocycles. The van der Waals surface area contributed by atoms with Crippen LogP contribution in [0.25, 0.3) is 0 Å². The molecule has 0 atom stereocenters. The second-order valence-electron chi connectivity index (χ2n) is 7.66. The van der Waals surface area contributed by atoms with Gasteiger partial charge in [0.05, 0.1) is 0 Å². The molecule has 0 heterocycles. The van der Waals surface area contributed by atoms with Gasteiger partial charge in [0, 0.05) is 12.1 Å². The Kier molecular flexibility index (Phi) is 15.8. The molecule has 0 radical (unpaired) electrons. The van der Waals surface area contributed by atoms with Crippen LogP contribution in [0.3, 0.4) is 0 Å². The smallest absolute Gasteiger partial charge is 0.231 e. The maximum Gasteiger partial charge on any atom is 0.231 e. The Balaban J connectivity index is 0.000000466. The molecular formula is C22H36N4O2. The lowest BCUT2D eigenvalue weighted by molar-refractivity contribution is 0.225. The van der Waals surface area contributed by atoms with Crippen molar-refractivity contribution in [3.63, 3.8) is 0 Å². The van der Waals surface area contributed by atoms with E-state index in [1.54, 1.807) is 0 Å². The third-order valence-electron chi connectivity index (χ3n) is 5.39. The van der Waals surface area contributed by atoms with Crippen LogP contribution in [0.4, 0.5) is 0 Å². The van der Waals surface area contributed by atoms with Crippen molar-refractivity contribution in [3.8, 4) is 0 Å². The standard InChI is InChI=1S/C13H26N2.C7H8.2CHNO/c14-12-5-1-10(2-6-12)9-11-3-7-13(15)8-4-11;1-7-5-3-2-4-6-7;2*2-1-3/h10-13H,1-9,14-15H2;2-6H,1H3;2*2H. The fourth-order valence-electron chi connectivity index (χ4n) is 3.85. The third-order valence-corrected chi connectivity index (χ3v) is 5.39. The summed E-state index contributed by atoms with van der Waals surface area (Å²) in [6, 6.07) is 11.3. The zero-order valence-electron chi connectivity index (χ0n) is 17.0. The van der Waals surface area contributed by atoms with Crippen LogP contribution in [0.5, 0.6) is 0 Å². The van der Waals surface area contributed by atoms with E-state index in [1.807, 2.05) is 18.2 Å². The second kappa shape index (κ2) is 17.0. The monoisotopic (exact) mass is 388 g/mol. The summed E-state index contributed by atoms with van der Waals surface area (Å²) in [5, 5.41) is 10.8. The first-order valence-electron chi connectivity index (χ1n) is 10.1. The predicted molar refractivity (Wildman–Crippen MR) is 112 cm³/mol. The summed E-state index contributed by atoms with van der Waals surface area (Å²) in [6.07, 6.45) is 13.5. The van der Waals surface area contributed by atoms with Crippen LogP contribution >= 0.6 is 0 Å². The molecule has 0 spiro atoms. The van der Waals surface area contributed by atoms with Gasteiger partial charge in [0.25, 0.3) is 0 Å². The van der Waals surface area contributed by atoms with Crippen LogP contribution in [0.15, 0.2) is 30.3 Å². The van der Waals surface area contributed by atoms with Crippen LogP contribution in [-0.4, -0.2) is 24.2 Å². The topological polar surface area (TPSA) is 134 Å². The highest BCUT2D eigenvalue weighted by atomic mass is 16.1. The molecule has 6 nitrogen and oxygen atoms in total. The van der Waals surface area contributed by atoms with Gasteiger partial charge in [0.15, 0.2) is 0 Å². The van der Waals surface area contributed by atoms with Crippen molar-refractivity contribution < 1.29 is 9.59 Å². The maximum absolute atomic E-state index is 8.35. The highest BCUT2D eigenvalue weighted by Gasteiger charge is 2.24. The fourth-order valence-corrected chi connectivity index (χ4v) is 3.85. The van der Waals surface area contributed by atoms with Crippen LogP contribution in [0, 0.1) is 29.6 Å². The molecular weight excluding hydrogens is 352 g/mol. The number of aryl methyl sites for hydroxylation is 1. The van der Waals surface area contributed by atoms with E-state index in [0.29, 0.717) is 12.1 Å². The molecule has 2 aliphatic carbocycles.